The average molecular weight is 354 g/mol. The minimum Gasteiger partial charge on any atom is -0.390 e. The number of rotatable bonds is 6. The number of nitrogens with zero attached hydrogens (tertiary/aromatic N) is 2. The second-order valence-corrected chi connectivity index (χ2v) is 6.49. The maximum atomic E-state index is 12.4. The van der Waals surface area contributed by atoms with Crippen molar-refractivity contribution in [3.63, 3.8) is 0 Å². The maximum absolute atomic E-state index is 12.4. The molecule has 2 rings (SSSR count). The van der Waals surface area contributed by atoms with Crippen LogP contribution in [0.2, 0.25) is 0 Å². The number of hydrogen-bond acceptors (Lipinski definition) is 4. The molecule has 0 saturated heterocycles. The van der Waals surface area contributed by atoms with Gasteiger partial charge in [-0.1, -0.05) is 29.8 Å². The van der Waals surface area contributed by atoms with Crippen LogP contribution in [-0.2, 0) is 6.54 Å². The summed E-state index contributed by atoms with van der Waals surface area (Å²) in [6.45, 7) is 5.75. The molecular weight excluding hydrogens is 334 g/mol. The van der Waals surface area contributed by atoms with Gasteiger partial charge in [-0.2, -0.15) is 0 Å². The van der Waals surface area contributed by atoms with E-state index in [1.165, 1.54) is 10.9 Å². The van der Waals surface area contributed by atoms with E-state index in [0.717, 1.165) is 11.0 Å². The van der Waals surface area contributed by atoms with Gasteiger partial charge in [0.25, 0.3) is 5.56 Å². The molecule has 0 fully saturated rings. The first-order chi connectivity index (χ1) is 9.97. The Kier molecular flexibility index (Phi) is 5.50. The van der Waals surface area contributed by atoms with Crippen LogP contribution in [-0.4, -0.2) is 33.9 Å². The number of aliphatic hydroxyl groups is 1. The molecule has 0 aliphatic heterocycles. The summed E-state index contributed by atoms with van der Waals surface area (Å²) in [5, 5.41) is 13.7. The quantitative estimate of drug-likeness (QED) is 0.830. The van der Waals surface area contributed by atoms with Gasteiger partial charge in [-0.3, -0.25) is 9.36 Å². The molecule has 1 unspecified atom stereocenters. The van der Waals surface area contributed by atoms with Gasteiger partial charge in [-0.05, 0) is 30.7 Å². The van der Waals surface area contributed by atoms with Crippen molar-refractivity contribution in [2.24, 2.45) is 5.92 Å². The summed E-state index contributed by atoms with van der Waals surface area (Å²) >= 11 is 3.35. The van der Waals surface area contributed by atoms with Crippen LogP contribution in [0.1, 0.15) is 13.8 Å². The fourth-order valence-electron chi connectivity index (χ4n) is 2.09. The summed E-state index contributed by atoms with van der Waals surface area (Å²) in [5.74, 6) is 0.527. The van der Waals surface area contributed by atoms with Crippen LogP contribution in [0.4, 0.5) is 0 Å². The summed E-state index contributed by atoms with van der Waals surface area (Å²) in [6.07, 6.45) is 0.873. The molecule has 21 heavy (non-hydrogen) atoms. The van der Waals surface area contributed by atoms with Crippen molar-refractivity contribution in [2.75, 3.05) is 13.1 Å². The van der Waals surface area contributed by atoms with Crippen LogP contribution >= 0.6 is 15.9 Å². The predicted octanol–water partition coefficient (Wildman–Crippen LogP) is 1.77. The van der Waals surface area contributed by atoms with Crippen molar-refractivity contribution < 1.29 is 5.11 Å². The second-order valence-electron chi connectivity index (χ2n) is 5.57. The summed E-state index contributed by atoms with van der Waals surface area (Å²) in [6, 6.07) is 5.40. The van der Waals surface area contributed by atoms with Gasteiger partial charge in [0.05, 0.1) is 29.9 Å². The smallest absolute Gasteiger partial charge is 0.261 e. The number of hydrogen-bond donors (Lipinski definition) is 2. The number of nitrogens with one attached hydrogen (secondary N) is 1. The average Bonchev–Trinajstić information content (AvgIpc) is 2.42. The van der Waals surface area contributed by atoms with E-state index in [1.807, 2.05) is 6.07 Å². The Hall–Kier alpha value is -1.24. The summed E-state index contributed by atoms with van der Waals surface area (Å²) in [7, 11) is 0. The van der Waals surface area contributed by atoms with Crippen molar-refractivity contribution in [3.05, 3.63) is 39.4 Å². The molecule has 0 amide bonds. The summed E-state index contributed by atoms with van der Waals surface area (Å²) < 4.78 is 2.29. The van der Waals surface area contributed by atoms with E-state index in [-0.39, 0.29) is 12.1 Å². The molecule has 1 atom stereocenters. The van der Waals surface area contributed by atoms with Gasteiger partial charge >= 0.3 is 0 Å². The fraction of sp³-hybridized carbons (Fsp3) is 0.467. The zero-order valence-corrected chi connectivity index (χ0v) is 13.8. The van der Waals surface area contributed by atoms with Gasteiger partial charge in [0.2, 0.25) is 0 Å². The van der Waals surface area contributed by atoms with Crippen LogP contribution < -0.4 is 10.9 Å². The van der Waals surface area contributed by atoms with E-state index >= 15 is 0 Å². The molecule has 0 spiro atoms. The normalized spacial score (nSPS) is 13.0. The summed E-state index contributed by atoms with van der Waals surface area (Å²) in [4.78, 5) is 16.6. The highest BCUT2D eigenvalue weighted by Gasteiger charge is 2.09. The topological polar surface area (TPSA) is 67.2 Å². The molecule has 2 aromatic rings. The number of aliphatic hydroxyl groups excluding tert-OH is 1. The minimum atomic E-state index is -0.618. The van der Waals surface area contributed by atoms with Crippen molar-refractivity contribution >= 4 is 26.8 Å². The highest BCUT2D eigenvalue weighted by Crippen LogP contribution is 2.14. The maximum Gasteiger partial charge on any atom is 0.261 e. The Morgan fingerprint density at radius 1 is 1.38 bits per heavy atom. The first-order valence-corrected chi connectivity index (χ1v) is 7.80. The van der Waals surface area contributed by atoms with Crippen molar-refractivity contribution in [3.8, 4) is 0 Å². The third-order valence-corrected chi connectivity index (χ3v) is 3.62. The molecule has 0 radical (unpaired) electrons. The van der Waals surface area contributed by atoms with Crippen LogP contribution in [0.15, 0.2) is 33.8 Å². The monoisotopic (exact) mass is 353 g/mol. The van der Waals surface area contributed by atoms with Crippen LogP contribution in [0, 0.1) is 5.92 Å². The molecule has 6 heteroatoms. The summed E-state index contributed by atoms with van der Waals surface area (Å²) in [5.41, 5.74) is 0.524. The first-order valence-electron chi connectivity index (χ1n) is 7.01. The second kappa shape index (κ2) is 7.15. The Morgan fingerprint density at radius 3 is 2.86 bits per heavy atom. The molecule has 0 aliphatic carbocycles. The van der Waals surface area contributed by atoms with Gasteiger partial charge in [-0.15, -0.1) is 0 Å². The molecule has 1 aromatic carbocycles. The third kappa shape index (κ3) is 4.36. The Morgan fingerprint density at radius 2 is 2.14 bits per heavy atom. The zero-order chi connectivity index (χ0) is 15.4. The van der Waals surface area contributed by atoms with Gasteiger partial charge in [0.1, 0.15) is 0 Å². The Labute approximate surface area is 132 Å². The van der Waals surface area contributed by atoms with Crippen molar-refractivity contribution in [1.82, 2.24) is 14.9 Å². The van der Waals surface area contributed by atoms with Crippen LogP contribution in [0.25, 0.3) is 10.9 Å². The molecule has 0 aliphatic rings. The molecular formula is C15H20BrN3O2. The Balaban J connectivity index is 2.12. The molecule has 0 saturated carbocycles. The number of benzene rings is 1. The van der Waals surface area contributed by atoms with Crippen molar-refractivity contribution in [2.45, 2.75) is 26.5 Å². The lowest BCUT2D eigenvalue weighted by atomic mass is 10.2. The SMILES string of the molecule is CC(C)CNCC(O)Cn1cnc2ccc(Br)cc2c1=O. The fourth-order valence-corrected chi connectivity index (χ4v) is 2.45. The lowest BCUT2D eigenvalue weighted by Crippen LogP contribution is -2.35. The Bertz CT molecular complexity index is 670. The first kappa shape index (κ1) is 16.1. The third-order valence-electron chi connectivity index (χ3n) is 3.13. The van der Waals surface area contributed by atoms with Crippen molar-refractivity contribution in [1.29, 1.82) is 0 Å². The van der Waals surface area contributed by atoms with Crippen LogP contribution in [0.5, 0.6) is 0 Å². The van der Waals surface area contributed by atoms with Gasteiger partial charge < -0.3 is 10.4 Å². The number of fused-ring (bicyclic) bond motifs is 1. The standard InChI is InChI=1S/C15H20BrN3O2/c1-10(2)6-17-7-12(20)8-19-9-18-14-4-3-11(16)5-13(14)15(19)21/h3-5,9-10,12,17,20H,6-8H2,1-2H3. The molecule has 114 valence electrons. The van der Waals surface area contributed by atoms with Gasteiger partial charge in [0.15, 0.2) is 0 Å². The number of aromatic nitrogens is 2. The van der Waals surface area contributed by atoms with E-state index in [9.17, 15) is 9.90 Å². The lowest BCUT2D eigenvalue weighted by Gasteiger charge is -2.14. The van der Waals surface area contributed by atoms with E-state index < -0.39 is 6.10 Å². The van der Waals surface area contributed by atoms with Gasteiger partial charge in [0, 0.05) is 11.0 Å². The molecule has 1 aromatic heterocycles. The van der Waals surface area contributed by atoms with E-state index in [1.54, 1.807) is 12.1 Å². The molecule has 0 bridgehead atoms. The predicted molar refractivity (Wildman–Crippen MR) is 87.4 cm³/mol. The molecule has 2 N–H and O–H groups in total. The number of halogens is 1. The largest absolute Gasteiger partial charge is 0.390 e. The lowest BCUT2D eigenvalue weighted by molar-refractivity contribution is 0.149. The van der Waals surface area contributed by atoms with E-state index in [0.29, 0.717) is 23.4 Å². The molecule has 1 heterocycles. The highest BCUT2D eigenvalue weighted by atomic mass is 79.9. The van der Waals surface area contributed by atoms with E-state index in [2.05, 4.69) is 40.1 Å². The molecule has 5 nitrogen and oxygen atoms in total. The zero-order valence-electron chi connectivity index (χ0n) is 12.2. The van der Waals surface area contributed by atoms with Crippen LogP contribution in [0.3, 0.4) is 0 Å². The minimum absolute atomic E-state index is 0.135. The van der Waals surface area contributed by atoms with E-state index in [4.69, 9.17) is 0 Å². The van der Waals surface area contributed by atoms with Gasteiger partial charge in [-0.25, -0.2) is 4.98 Å². The highest BCUT2D eigenvalue weighted by molar-refractivity contribution is 9.10.